The van der Waals surface area contributed by atoms with Gasteiger partial charge < -0.3 is 14.3 Å². The van der Waals surface area contributed by atoms with Crippen LogP contribution in [0.3, 0.4) is 0 Å². The Hall–Kier alpha value is -3.41. The maximum atomic E-state index is 12.6. The van der Waals surface area contributed by atoms with E-state index in [4.69, 9.17) is 4.42 Å². The summed E-state index contributed by atoms with van der Waals surface area (Å²) in [6.07, 6.45) is 0. The number of para-hydroxylation sites is 3. The maximum absolute atomic E-state index is 12.6. The van der Waals surface area contributed by atoms with Crippen LogP contribution >= 0.6 is 0 Å². The number of imidazole rings is 1. The van der Waals surface area contributed by atoms with Gasteiger partial charge >= 0.3 is 0 Å². The van der Waals surface area contributed by atoms with Crippen LogP contribution in [0.25, 0.3) is 22.0 Å². The van der Waals surface area contributed by atoms with Gasteiger partial charge in [-0.1, -0.05) is 24.3 Å². The number of fused-ring (bicyclic) bond motifs is 2. The molecule has 0 bridgehead atoms. The lowest BCUT2D eigenvalue weighted by Gasteiger charge is -2.37. The molecular weight excluding hydrogens is 330 g/mol. The number of likely N-dealkylation sites (tertiary alicyclic amines) is 1. The van der Waals surface area contributed by atoms with Crippen molar-refractivity contribution in [2.45, 2.75) is 5.92 Å². The number of benzene rings is 2. The summed E-state index contributed by atoms with van der Waals surface area (Å²) in [5.74, 6) is 0.866. The predicted octanol–water partition coefficient (Wildman–Crippen LogP) is 2.91. The van der Waals surface area contributed by atoms with Crippen LogP contribution in [0.2, 0.25) is 0 Å². The first-order valence-electron chi connectivity index (χ1n) is 8.46. The van der Waals surface area contributed by atoms with Crippen molar-refractivity contribution in [2.24, 2.45) is 0 Å². The van der Waals surface area contributed by atoms with Gasteiger partial charge in [-0.25, -0.2) is 4.98 Å². The van der Waals surface area contributed by atoms with Crippen LogP contribution in [0.1, 0.15) is 22.3 Å². The van der Waals surface area contributed by atoms with Gasteiger partial charge in [0.15, 0.2) is 11.2 Å². The van der Waals surface area contributed by atoms with Crippen molar-refractivity contribution < 1.29 is 9.21 Å². The van der Waals surface area contributed by atoms with E-state index in [-0.39, 0.29) is 23.0 Å². The molecule has 6 heteroatoms. The molecule has 5 rings (SSSR count). The van der Waals surface area contributed by atoms with Crippen LogP contribution in [-0.4, -0.2) is 33.9 Å². The van der Waals surface area contributed by atoms with E-state index in [1.165, 1.54) is 6.07 Å². The fraction of sp³-hybridized carbons (Fsp3) is 0.150. The van der Waals surface area contributed by atoms with E-state index in [9.17, 15) is 9.59 Å². The highest BCUT2D eigenvalue weighted by atomic mass is 16.3. The smallest absolute Gasteiger partial charge is 0.289 e. The Morgan fingerprint density at radius 1 is 1.12 bits per heavy atom. The fourth-order valence-electron chi connectivity index (χ4n) is 3.35. The number of nitrogens with zero attached hydrogens (tertiary/aromatic N) is 2. The van der Waals surface area contributed by atoms with E-state index in [0.717, 1.165) is 16.9 Å². The SMILES string of the molecule is O=C(c1cc(=O)c2ccccc2o1)N1CC(c2nc3ccccc3[nH]2)C1. The molecule has 1 amide bonds. The largest absolute Gasteiger partial charge is 0.451 e. The maximum Gasteiger partial charge on any atom is 0.289 e. The van der Waals surface area contributed by atoms with E-state index >= 15 is 0 Å². The third-order valence-electron chi connectivity index (χ3n) is 4.81. The second-order valence-electron chi connectivity index (χ2n) is 6.52. The predicted molar refractivity (Wildman–Crippen MR) is 97.2 cm³/mol. The Kier molecular flexibility index (Phi) is 3.18. The minimum Gasteiger partial charge on any atom is -0.451 e. The molecule has 0 spiro atoms. The summed E-state index contributed by atoms with van der Waals surface area (Å²) < 4.78 is 5.64. The number of nitrogens with one attached hydrogen (secondary N) is 1. The van der Waals surface area contributed by atoms with Gasteiger partial charge in [0.2, 0.25) is 0 Å². The summed E-state index contributed by atoms with van der Waals surface area (Å²) in [4.78, 5) is 34.4. The third kappa shape index (κ3) is 2.30. The highest BCUT2D eigenvalue weighted by molar-refractivity contribution is 5.93. The molecule has 1 fully saturated rings. The molecule has 1 N–H and O–H groups in total. The number of aromatic amines is 1. The number of hydrogen-bond donors (Lipinski definition) is 1. The van der Waals surface area contributed by atoms with Gasteiger partial charge in [0, 0.05) is 19.2 Å². The lowest BCUT2D eigenvalue weighted by atomic mass is 9.99. The average molecular weight is 345 g/mol. The van der Waals surface area contributed by atoms with Crippen molar-refractivity contribution in [1.29, 1.82) is 0 Å². The van der Waals surface area contributed by atoms with Crippen molar-refractivity contribution in [3.8, 4) is 0 Å². The second-order valence-corrected chi connectivity index (χ2v) is 6.52. The lowest BCUT2D eigenvalue weighted by Crippen LogP contribution is -2.49. The number of rotatable bonds is 2. The molecule has 0 radical (unpaired) electrons. The topological polar surface area (TPSA) is 79.2 Å². The zero-order valence-corrected chi connectivity index (χ0v) is 13.8. The molecule has 1 aliphatic rings. The molecule has 3 heterocycles. The number of amides is 1. The molecule has 4 aromatic rings. The van der Waals surface area contributed by atoms with Crippen molar-refractivity contribution in [3.05, 3.63) is 76.4 Å². The van der Waals surface area contributed by atoms with Gasteiger partial charge in [-0.3, -0.25) is 9.59 Å². The van der Waals surface area contributed by atoms with Gasteiger partial charge in [0.05, 0.1) is 22.3 Å². The average Bonchev–Trinajstić information content (AvgIpc) is 3.03. The molecule has 2 aromatic carbocycles. The summed E-state index contributed by atoms with van der Waals surface area (Å²) in [5, 5.41) is 0.479. The van der Waals surface area contributed by atoms with Crippen molar-refractivity contribution >= 4 is 27.9 Å². The number of carbonyl (C=O) groups is 1. The third-order valence-corrected chi connectivity index (χ3v) is 4.81. The molecule has 0 unspecified atom stereocenters. The zero-order chi connectivity index (χ0) is 17.7. The molecule has 6 nitrogen and oxygen atoms in total. The Bertz CT molecular complexity index is 1170. The Labute approximate surface area is 148 Å². The van der Waals surface area contributed by atoms with Crippen LogP contribution in [0, 0.1) is 0 Å². The Balaban J connectivity index is 1.37. The molecule has 26 heavy (non-hydrogen) atoms. The minimum atomic E-state index is -0.264. The first-order chi connectivity index (χ1) is 12.7. The zero-order valence-electron chi connectivity index (χ0n) is 13.8. The van der Waals surface area contributed by atoms with Crippen LogP contribution in [0.15, 0.2) is 63.8 Å². The lowest BCUT2D eigenvalue weighted by molar-refractivity contribution is 0.0563. The quantitative estimate of drug-likeness (QED) is 0.606. The van der Waals surface area contributed by atoms with E-state index in [2.05, 4.69) is 9.97 Å². The molecule has 128 valence electrons. The summed E-state index contributed by atoms with van der Waals surface area (Å²) in [5.41, 5.74) is 2.14. The van der Waals surface area contributed by atoms with Crippen LogP contribution in [0.5, 0.6) is 0 Å². The summed E-state index contributed by atoms with van der Waals surface area (Å²) >= 11 is 0. The van der Waals surface area contributed by atoms with Crippen LogP contribution in [-0.2, 0) is 0 Å². The van der Waals surface area contributed by atoms with Gasteiger partial charge in [-0.2, -0.15) is 0 Å². The first kappa shape index (κ1) is 14.9. The van der Waals surface area contributed by atoms with Crippen LogP contribution < -0.4 is 5.43 Å². The normalized spacial score (nSPS) is 14.7. The van der Waals surface area contributed by atoms with E-state index in [1.54, 1.807) is 29.2 Å². The molecule has 0 aliphatic carbocycles. The van der Waals surface area contributed by atoms with Gasteiger partial charge in [-0.05, 0) is 24.3 Å². The monoisotopic (exact) mass is 345 g/mol. The summed E-state index contributed by atoms with van der Waals surface area (Å²) in [7, 11) is 0. The Morgan fingerprint density at radius 2 is 1.88 bits per heavy atom. The number of aromatic nitrogens is 2. The molecule has 2 aromatic heterocycles. The van der Waals surface area contributed by atoms with Crippen molar-refractivity contribution in [1.82, 2.24) is 14.9 Å². The van der Waals surface area contributed by atoms with Crippen molar-refractivity contribution in [2.75, 3.05) is 13.1 Å². The van der Waals surface area contributed by atoms with Crippen LogP contribution in [0.4, 0.5) is 0 Å². The highest BCUT2D eigenvalue weighted by Crippen LogP contribution is 2.28. The number of H-pyrrole nitrogens is 1. The second kappa shape index (κ2) is 5.56. The molecule has 1 aliphatic heterocycles. The summed E-state index contributed by atoms with van der Waals surface area (Å²) in [6, 6.07) is 16.1. The molecule has 1 saturated heterocycles. The van der Waals surface area contributed by atoms with E-state index in [1.807, 2.05) is 24.3 Å². The molecular formula is C20H15N3O3. The van der Waals surface area contributed by atoms with Gasteiger partial charge in [0.1, 0.15) is 11.4 Å². The number of hydrogen-bond acceptors (Lipinski definition) is 4. The molecule has 0 atom stereocenters. The number of carbonyl (C=O) groups excluding carboxylic acids is 1. The van der Waals surface area contributed by atoms with E-state index < -0.39 is 0 Å². The Morgan fingerprint density at radius 3 is 2.73 bits per heavy atom. The summed E-state index contributed by atoms with van der Waals surface area (Å²) in [6.45, 7) is 1.10. The van der Waals surface area contributed by atoms with Gasteiger partial charge in [-0.15, -0.1) is 0 Å². The van der Waals surface area contributed by atoms with Gasteiger partial charge in [0.25, 0.3) is 5.91 Å². The van der Waals surface area contributed by atoms with E-state index in [0.29, 0.717) is 24.1 Å². The highest BCUT2D eigenvalue weighted by Gasteiger charge is 2.35. The first-order valence-corrected chi connectivity index (χ1v) is 8.46. The fourth-order valence-corrected chi connectivity index (χ4v) is 3.35. The van der Waals surface area contributed by atoms with Crippen molar-refractivity contribution in [3.63, 3.8) is 0 Å². The minimum absolute atomic E-state index is 0.0803. The molecule has 0 saturated carbocycles. The standard InChI is InChI=1S/C20H15N3O3/c24-16-9-18(26-17-8-4-1-5-13(16)17)20(25)23-10-12(11-23)19-21-14-6-2-3-7-15(14)22-19/h1-9,12H,10-11H2,(H,21,22).